The van der Waals surface area contributed by atoms with E-state index < -0.39 is 0 Å². The summed E-state index contributed by atoms with van der Waals surface area (Å²) in [6.45, 7) is 0.423. The molecule has 4 heteroatoms. The number of halogens is 2. The van der Waals surface area contributed by atoms with Crippen LogP contribution in [0.4, 0.5) is 0 Å². The van der Waals surface area contributed by atoms with Gasteiger partial charge in [0.25, 0.3) is 0 Å². The lowest BCUT2D eigenvalue weighted by Crippen LogP contribution is -1.97. The Kier molecular flexibility index (Phi) is 4.48. The maximum absolute atomic E-state index is 8.94. The standard InChI is InChI=1S/C14H12Cl2O2/c15-12-2-1-3-13(16)14(12)18-9-11-6-4-10(8-17)5-7-11/h1-7,17H,8-9H2. The Morgan fingerprint density at radius 3 is 2.00 bits per heavy atom. The third kappa shape index (κ3) is 3.16. The van der Waals surface area contributed by atoms with Crippen LogP contribution >= 0.6 is 23.2 Å². The van der Waals surface area contributed by atoms with Crippen LogP contribution in [0, 0.1) is 0 Å². The van der Waals surface area contributed by atoms with Gasteiger partial charge in [-0.15, -0.1) is 0 Å². The fourth-order valence-corrected chi connectivity index (χ4v) is 2.02. The lowest BCUT2D eigenvalue weighted by molar-refractivity contribution is 0.281. The van der Waals surface area contributed by atoms with Crippen LogP contribution in [0.5, 0.6) is 5.75 Å². The summed E-state index contributed by atoms with van der Waals surface area (Å²) < 4.78 is 5.60. The van der Waals surface area contributed by atoms with E-state index in [1.807, 2.05) is 24.3 Å². The number of benzene rings is 2. The van der Waals surface area contributed by atoms with Crippen molar-refractivity contribution in [3.05, 3.63) is 63.6 Å². The summed E-state index contributed by atoms with van der Waals surface area (Å²) >= 11 is 12.0. The van der Waals surface area contributed by atoms with Gasteiger partial charge in [0.15, 0.2) is 5.75 Å². The molecule has 0 bridgehead atoms. The Hall–Kier alpha value is -1.22. The zero-order valence-electron chi connectivity index (χ0n) is 9.57. The Labute approximate surface area is 116 Å². The summed E-state index contributed by atoms with van der Waals surface area (Å²) in [5, 5.41) is 9.93. The molecule has 1 N–H and O–H groups in total. The van der Waals surface area contributed by atoms with Gasteiger partial charge in [0, 0.05) is 0 Å². The monoisotopic (exact) mass is 282 g/mol. The molecule has 0 atom stereocenters. The van der Waals surface area contributed by atoms with E-state index in [1.165, 1.54) is 0 Å². The number of para-hydroxylation sites is 1. The summed E-state index contributed by atoms with van der Waals surface area (Å²) in [6.07, 6.45) is 0. The maximum Gasteiger partial charge on any atom is 0.156 e. The van der Waals surface area contributed by atoms with Gasteiger partial charge in [-0.25, -0.2) is 0 Å². The van der Waals surface area contributed by atoms with Gasteiger partial charge in [0.2, 0.25) is 0 Å². The largest absolute Gasteiger partial charge is 0.486 e. The number of ether oxygens (including phenoxy) is 1. The van der Waals surface area contributed by atoms with Gasteiger partial charge in [-0.05, 0) is 23.3 Å². The van der Waals surface area contributed by atoms with Crippen molar-refractivity contribution in [1.29, 1.82) is 0 Å². The Morgan fingerprint density at radius 2 is 1.44 bits per heavy atom. The molecule has 2 aromatic carbocycles. The molecule has 0 radical (unpaired) electrons. The van der Waals surface area contributed by atoms with E-state index >= 15 is 0 Å². The summed E-state index contributed by atoms with van der Waals surface area (Å²) in [5.74, 6) is 0.493. The first-order valence-electron chi connectivity index (χ1n) is 5.46. The van der Waals surface area contributed by atoms with Crippen molar-refractivity contribution >= 4 is 23.2 Å². The average molecular weight is 283 g/mol. The predicted octanol–water partition coefficient (Wildman–Crippen LogP) is 4.06. The van der Waals surface area contributed by atoms with Gasteiger partial charge >= 0.3 is 0 Å². The van der Waals surface area contributed by atoms with Crippen molar-refractivity contribution in [1.82, 2.24) is 0 Å². The zero-order chi connectivity index (χ0) is 13.0. The smallest absolute Gasteiger partial charge is 0.156 e. The molecule has 94 valence electrons. The Balaban J connectivity index is 2.06. The lowest BCUT2D eigenvalue weighted by atomic mass is 10.1. The highest BCUT2D eigenvalue weighted by Gasteiger charge is 2.06. The fraction of sp³-hybridized carbons (Fsp3) is 0.143. The second kappa shape index (κ2) is 6.10. The molecule has 0 aliphatic carbocycles. The van der Waals surface area contributed by atoms with Gasteiger partial charge in [0.05, 0.1) is 16.7 Å². The van der Waals surface area contributed by atoms with Crippen LogP contribution in [-0.4, -0.2) is 5.11 Å². The second-order valence-electron chi connectivity index (χ2n) is 3.81. The third-order valence-corrected chi connectivity index (χ3v) is 3.10. The molecule has 2 rings (SSSR count). The molecule has 2 nitrogen and oxygen atoms in total. The molecule has 2 aromatic rings. The van der Waals surface area contributed by atoms with Crippen LogP contribution in [0.3, 0.4) is 0 Å². The van der Waals surface area contributed by atoms with Crippen LogP contribution < -0.4 is 4.74 Å². The van der Waals surface area contributed by atoms with E-state index in [0.29, 0.717) is 22.4 Å². The second-order valence-corrected chi connectivity index (χ2v) is 4.63. The maximum atomic E-state index is 8.94. The van der Waals surface area contributed by atoms with Gasteiger partial charge in [-0.1, -0.05) is 53.5 Å². The first-order chi connectivity index (χ1) is 8.70. The first-order valence-corrected chi connectivity index (χ1v) is 6.22. The summed E-state index contributed by atoms with van der Waals surface area (Å²) in [6, 6.07) is 12.7. The minimum atomic E-state index is 0.0392. The summed E-state index contributed by atoms with van der Waals surface area (Å²) in [4.78, 5) is 0. The molecular formula is C14H12Cl2O2. The third-order valence-electron chi connectivity index (χ3n) is 2.51. The van der Waals surface area contributed by atoms with Crippen LogP contribution in [-0.2, 0) is 13.2 Å². The van der Waals surface area contributed by atoms with Gasteiger partial charge < -0.3 is 9.84 Å². The summed E-state index contributed by atoms with van der Waals surface area (Å²) in [5.41, 5.74) is 1.86. The molecule has 0 aliphatic rings. The summed E-state index contributed by atoms with van der Waals surface area (Å²) in [7, 11) is 0. The molecule has 0 saturated heterocycles. The van der Waals surface area contributed by atoms with Crippen LogP contribution in [0.1, 0.15) is 11.1 Å². The minimum Gasteiger partial charge on any atom is -0.486 e. The molecule has 0 saturated carbocycles. The molecular weight excluding hydrogens is 271 g/mol. The average Bonchev–Trinajstić information content (AvgIpc) is 2.39. The fourth-order valence-electron chi connectivity index (χ4n) is 1.52. The van der Waals surface area contributed by atoms with Gasteiger partial charge in [-0.2, -0.15) is 0 Å². The van der Waals surface area contributed by atoms with E-state index in [4.69, 9.17) is 33.0 Å². The number of hydrogen-bond donors (Lipinski definition) is 1. The molecule has 0 fully saturated rings. The van der Waals surface area contributed by atoms with Gasteiger partial charge in [-0.3, -0.25) is 0 Å². The Bertz CT molecular complexity index is 504. The highest BCUT2D eigenvalue weighted by atomic mass is 35.5. The van der Waals surface area contributed by atoms with Crippen LogP contribution in [0.2, 0.25) is 10.0 Å². The molecule has 0 amide bonds. The SMILES string of the molecule is OCc1ccc(COc2c(Cl)cccc2Cl)cc1. The van der Waals surface area contributed by atoms with Crippen molar-refractivity contribution in [2.24, 2.45) is 0 Å². The number of aliphatic hydroxyl groups excluding tert-OH is 1. The molecule has 0 heterocycles. The molecule has 0 aliphatic heterocycles. The van der Waals surface area contributed by atoms with E-state index in [-0.39, 0.29) is 6.61 Å². The number of hydrogen-bond acceptors (Lipinski definition) is 2. The van der Waals surface area contributed by atoms with Crippen LogP contribution in [0.25, 0.3) is 0 Å². The van der Waals surface area contributed by atoms with Crippen LogP contribution in [0.15, 0.2) is 42.5 Å². The molecule has 0 spiro atoms. The molecule has 0 aromatic heterocycles. The molecule has 18 heavy (non-hydrogen) atoms. The normalized spacial score (nSPS) is 10.4. The van der Waals surface area contributed by atoms with Crippen molar-refractivity contribution in [2.45, 2.75) is 13.2 Å². The molecule has 0 unspecified atom stereocenters. The number of aliphatic hydroxyl groups is 1. The highest BCUT2D eigenvalue weighted by Crippen LogP contribution is 2.32. The predicted molar refractivity (Wildman–Crippen MR) is 73.2 cm³/mol. The van der Waals surface area contributed by atoms with E-state index in [1.54, 1.807) is 18.2 Å². The zero-order valence-corrected chi connectivity index (χ0v) is 11.1. The van der Waals surface area contributed by atoms with E-state index in [9.17, 15) is 0 Å². The van der Waals surface area contributed by atoms with Crippen molar-refractivity contribution < 1.29 is 9.84 Å². The number of rotatable bonds is 4. The van der Waals surface area contributed by atoms with E-state index in [0.717, 1.165) is 11.1 Å². The van der Waals surface area contributed by atoms with Crippen molar-refractivity contribution in [3.8, 4) is 5.75 Å². The quantitative estimate of drug-likeness (QED) is 0.916. The van der Waals surface area contributed by atoms with E-state index in [2.05, 4.69) is 0 Å². The first kappa shape index (κ1) is 13.2. The van der Waals surface area contributed by atoms with Crippen molar-refractivity contribution in [3.63, 3.8) is 0 Å². The highest BCUT2D eigenvalue weighted by molar-refractivity contribution is 6.37. The minimum absolute atomic E-state index is 0.0392. The van der Waals surface area contributed by atoms with Crippen molar-refractivity contribution in [2.75, 3.05) is 0 Å². The topological polar surface area (TPSA) is 29.5 Å². The lowest BCUT2D eigenvalue weighted by Gasteiger charge is -2.10. The Morgan fingerprint density at radius 1 is 0.889 bits per heavy atom. The van der Waals surface area contributed by atoms with Gasteiger partial charge in [0.1, 0.15) is 6.61 Å².